The quantitative estimate of drug-likeness (QED) is 0.0814. The van der Waals surface area contributed by atoms with E-state index in [9.17, 15) is 86.8 Å². The van der Waals surface area contributed by atoms with Crippen molar-refractivity contribution in [1.82, 2.24) is 0 Å². The highest BCUT2D eigenvalue weighted by atomic mass is 16.7. The average Bonchev–Trinajstić information content (AvgIpc) is 3.39. The van der Waals surface area contributed by atoms with Gasteiger partial charge in [0.25, 0.3) is 0 Å². The summed E-state index contributed by atoms with van der Waals surface area (Å²) in [6.45, 7) is 2.45. The van der Waals surface area contributed by atoms with Crippen LogP contribution in [0.15, 0.2) is 0 Å². The van der Waals surface area contributed by atoms with E-state index in [1.807, 2.05) is 0 Å². The van der Waals surface area contributed by atoms with Gasteiger partial charge in [-0.1, -0.05) is 13.8 Å². The van der Waals surface area contributed by atoms with Crippen LogP contribution in [0.2, 0.25) is 0 Å². The first-order valence-electron chi connectivity index (χ1n) is 23.3. The Morgan fingerprint density at radius 3 is 1.00 bits per heavy atom. The van der Waals surface area contributed by atoms with Gasteiger partial charge in [-0.2, -0.15) is 0 Å². The van der Waals surface area contributed by atoms with E-state index in [0.717, 1.165) is 0 Å². The monoisotopic (exact) mass is 1080 g/mol. The molecule has 0 saturated carbocycles. The fourth-order valence-electron chi connectivity index (χ4n) is 8.42. The molecule has 6 saturated heterocycles. The van der Waals surface area contributed by atoms with Crippen molar-refractivity contribution in [2.24, 2.45) is 11.8 Å². The number of hydrogen-bond acceptors (Lipinski definition) is 31. The van der Waals surface area contributed by atoms with Crippen LogP contribution in [0.25, 0.3) is 0 Å². The molecule has 0 aromatic rings. The number of methoxy groups -OCH3 is 4. The van der Waals surface area contributed by atoms with Crippen molar-refractivity contribution in [2.75, 3.05) is 61.5 Å². The highest BCUT2D eigenvalue weighted by Gasteiger charge is 2.52. The van der Waals surface area contributed by atoms with Gasteiger partial charge < -0.3 is 154 Å². The minimum absolute atomic E-state index is 0.375. The van der Waals surface area contributed by atoms with E-state index in [4.69, 9.17) is 67.1 Å². The normalized spacial score (nSPS) is 49.2. The van der Waals surface area contributed by atoms with Crippen molar-refractivity contribution in [2.45, 2.75) is 193 Å². The van der Waals surface area contributed by atoms with Crippen LogP contribution >= 0.6 is 0 Å². The van der Waals surface area contributed by atoms with E-state index < -0.39 is 211 Å². The van der Waals surface area contributed by atoms with E-state index >= 15 is 0 Å². The standard InChI is InChI=1S/C15H28O9.C13H24O11.C7H14O6.C7H14O5/c1-6-10(18)11(19)8(4-16)23-15(6)24-13-7(2)14(21-3)22-9(5-17)12(13)20;1-21-12-10(20)11(7(17)5(3-15)22-12)24-13-9(19)8(18)6(16)4(2-14)23-13;1-12-7-6(11)5(10)4(9)3(2-8)13-7;1-3-4(8)5(9)6(10)7(11-2)12-3/h6-20H,4-5H2,1-3H3;4-20H,2-3H2,1H3;3-11H,2H2,1H3;3-10H,1-2H3/t6?,7?,8?,9?,10-,11+,12+,13-,14?,15+;4?,5?,6-,7-,8-,9?,10?,11-,12+,13+;3?,4?,5-,6?,7?;3-,4-,5?,6+,7?/m1000/s1. The third kappa shape index (κ3) is 16.0. The van der Waals surface area contributed by atoms with Crippen molar-refractivity contribution >= 4 is 0 Å². The second-order valence-electron chi connectivity index (χ2n) is 18.1. The van der Waals surface area contributed by atoms with Gasteiger partial charge in [0, 0.05) is 40.3 Å². The SMILES string of the molecule is COC1OC(CO)C(O)[C@H](O)C1O.COC1OC(CO)[C@H](O)[C@H](O[C@@H]2OC(CO)[C@H](O)[C@H](O)C2C)C1C.COC1O[C@@H](C)[C@H](O)C(O)[C@H]1O.CO[C@@H]1OC(CO)[C@H](O)[C@H](O[C@H]2OC(CO)[C@H](O)[C@H](O)C2O)C1O. The van der Waals surface area contributed by atoms with Crippen LogP contribution in [0.4, 0.5) is 0 Å². The van der Waals surface area contributed by atoms with E-state index in [1.165, 1.54) is 28.4 Å². The first kappa shape index (κ1) is 66.0. The predicted molar refractivity (Wildman–Crippen MR) is 233 cm³/mol. The van der Waals surface area contributed by atoms with Crippen LogP contribution in [0.1, 0.15) is 20.8 Å². The minimum atomic E-state index is -1.70. The summed E-state index contributed by atoms with van der Waals surface area (Å²) in [5.74, 6) is -0.959. The zero-order valence-corrected chi connectivity index (χ0v) is 41.3. The smallest absolute Gasteiger partial charge is 0.187 e. The van der Waals surface area contributed by atoms with Crippen molar-refractivity contribution in [1.29, 1.82) is 0 Å². The van der Waals surface area contributed by atoms with Gasteiger partial charge in [-0.05, 0) is 6.92 Å². The van der Waals surface area contributed by atoms with E-state index in [1.54, 1.807) is 20.8 Å². The Kier molecular flexibility index (Phi) is 27.9. The van der Waals surface area contributed by atoms with Crippen LogP contribution < -0.4 is 0 Å². The molecule has 0 aromatic heterocycles. The summed E-state index contributed by atoms with van der Waals surface area (Å²) in [5.41, 5.74) is 0. The second kappa shape index (κ2) is 30.8. The maximum atomic E-state index is 10.4. The van der Waals surface area contributed by atoms with Crippen LogP contribution in [0.5, 0.6) is 0 Å². The molecule has 6 heterocycles. The Hall–Kier alpha value is -1.24. The van der Waals surface area contributed by atoms with Gasteiger partial charge in [0.15, 0.2) is 37.7 Å². The largest absolute Gasteiger partial charge is 0.394 e. The lowest BCUT2D eigenvalue weighted by Crippen LogP contribution is -2.64. The number of aliphatic hydroxyl groups is 19. The van der Waals surface area contributed by atoms with Crippen molar-refractivity contribution in [3.8, 4) is 0 Å². The summed E-state index contributed by atoms with van der Waals surface area (Å²) < 4.78 is 62.1. The van der Waals surface area contributed by atoms with Crippen LogP contribution in [0, 0.1) is 11.8 Å². The molecular weight excluding hydrogens is 1000 g/mol. The molecule has 15 unspecified atom stereocenters. The van der Waals surface area contributed by atoms with Gasteiger partial charge in [-0.25, -0.2) is 0 Å². The second-order valence-corrected chi connectivity index (χ2v) is 18.1. The molecule has 19 N–H and O–H groups in total. The highest BCUT2D eigenvalue weighted by molar-refractivity contribution is 4.95. The third-order valence-electron chi connectivity index (χ3n) is 13.2. The fraction of sp³-hybridized carbons (Fsp3) is 1.00. The molecule has 6 fully saturated rings. The third-order valence-corrected chi connectivity index (χ3v) is 13.2. The molecule has 0 spiro atoms. The lowest BCUT2D eigenvalue weighted by Gasteiger charge is -2.47. The van der Waals surface area contributed by atoms with Gasteiger partial charge >= 0.3 is 0 Å². The number of rotatable bonds is 13. The zero-order chi connectivity index (χ0) is 55.3. The lowest BCUT2D eigenvalue weighted by atomic mass is 9.90. The van der Waals surface area contributed by atoms with E-state index in [0.29, 0.717) is 0 Å². The van der Waals surface area contributed by atoms with Gasteiger partial charge in [0.05, 0.1) is 51.3 Å². The molecule has 0 amide bonds. The Bertz CT molecular complexity index is 1380. The molecule has 0 aromatic carbocycles. The maximum absolute atomic E-state index is 10.4. The minimum Gasteiger partial charge on any atom is -0.394 e. The average molecular weight is 1080 g/mol. The van der Waals surface area contributed by atoms with Crippen LogP contribution in [-0.2, 0) is 56.8 Å². The molecule has 0 aliphatic carbocycles. The van der Waals surface area contributed by atoms with Gasteiger partial charge in [0.2, 0.25) is 0 Å². The van der Waals surface area contributed by atoms with E-state index in [2.05, 4.69) is 0 Å². The Morgan fingerprint density at radius 2 is 0.575 bits per heavy atom. The summed E-state index contributed by atoms with van der Waals surface area (Å²) in [6.07, 6.45) is -32.9. The highest BCUT2D eigenvalue weighted by Crippen LogP contribution is 2.35. The van der Waals surface area contributed by atoms with Crippen molar-refractivity contribution < 1.29 is 154 Å². The van der Waals surface area contributed by atoms with E-state index in [-0.39, 0.29) is 5.92 Å². The fourth-order valence-corrected chi connectivity index (χ4v) is 8.42. The van der Waals surface area contributed by atoms with Crippen LogP contribution in [0.3, 0.4) is 0 Å². The first-order valence-corrected chi connectivity index (χ1v) is 23.3. The number of aliphatic hydroxyl groups excluding tert-OH is 19. The van der Waals surface area contributed by atoms with Crippen molar-refractivity contribution in [3.05, 3.63) is 0 Å². The molecule has 73 heavy (non-hydrogen) atoms. The summed E-state index contributed by atoms with van der Waals surface area (Å²) in [7, 11) is 5.36. The maximum Gasteiger partial charge on any atom is 0.187 e. The molecule has 30 atom stereocenters. The molecule has 31 heteroatoms. The number of hydrogen-bond donors (Lipinski definition) is 19. The summed E-state index contributed by atoms with van der Waals surface area (Å²) in [6, 6.07) is 0. The Labute approximate surface area is 419 Å². The molecule has 6 aliphatic heterocycles. The summed E-state index contributed by atoms with van der Waals surface area (Å²) >= 11 is 0. The zero-order valence-electron chi connectivity index (χ0n) is 41.3. The summed E-state index contributed by atoms with van der Waals surface area (Å²) in [4.78, 5) is 0. The molecule has 0 radical (unpaired) electrons. The molecule has 0 bridgehead atoms. The van der Waals surface area contributed by atoms with Crippen LogP contribution in [-0.4, -0.2) is 331 Å². The van der Waals surface area contributed by atoms with Gasteiger partial charge in [-0.3, -0.25) is 0 Å². The predicted octanol–water partition coefficient (Wildman–Crippen LogP) is -11.0. The molecule has 434 valence electrons. The lowest BCUT2D eigenvalue weighted by molar-refractivity contribution is -0.358. The van der Waals surface area contributed by atoms with Gasteiger partial charge in [0.1, 0.15) is 116 Å². The molecular formula is C42H80O31. The Morgan fingerprint density at radius 1 is 0.274 bits per heavy atom. The Balaban J connectivity index is 0.000000269. The topological polar surface area (TPSA) is 495 Å². The molecule has 6 aliphatic rings. The molecule has 31 nitrogen and oxygen atoms in total. The number of ether oxygens (including phenoxy) is 12. The van der Waals surface area contributed by atoms with Crippen molar-refractivity contribution in [3.63, 3.8) is 0 Å². The van der Waals surface area contributed by atoms with Gasteiger partial charge in [-0.15, -0.1) is 0 Å². The summed E-state index contributed by atoms with van der Waals surface area (Å²) in [5, 5.41) is 181. The first-order chi connectivity index (χ1) is 34.4. The molecule has 6 rings (SSSR count).